The zero-order valence-electron chi connectivity index (χ0n) is 10.4. The van der Waals surface area contributed by atoms with Gasteiger partial charge < -0.3 is 5.11 Å². The third-order valence-corrected chi connectivity index (χ3v) is 3.95. The average Bonchev–Trinajstić information content (AvgIpc) is 2.72. The fourth-order valence-electron chi connectivity index (χ4n) is 1.76. The highest BCUT2D eigenvalue weighted by atomic mass is 32.1. The fourth-order valence-corrected chi connectivity index (χ4v) is 2.64. The van der Waals surface area contributed by atoms with Crippen LogP contribution in [0.5, 0.6) is 0 Å². The topological polar surface area (TPSA) is 33.1 Å². The summed E-state index contributed by atoms with van der Waals surface area (Å²) in [5.41, 5.74) is 3.45. The molecular weight excluding hydrogens is 230 g/mol. The predicted octanol–water partition coefficient (Wildman–Crippen LogP) is 3.73. The molecule has 2 rings (SSSR count). The molecule has 0 radical (unpaired) electrons. The van der Waals surface area contributed by atoms with Crippen LogP contribution in [0, 0.1) is 6.92 Å². The van der Waals surface area contributed by atoms with Crippen LogP contribution >= 0.6 is 11.3 Å². The Labute approximate surface area is 106 Å². The van der Waals surface area contributed by atoms with Gasteiger partial charge in [-0.25, -0.2) is 4.98 Å². The van der Waals surface area contributed by atoms with Crippen molar-refractivity contribution in [1.82, 2.24) is 4.98 Å². The van der Waals surface area contributed by atoms with Gasteiger partial charge in [-0.15, -0.1) is 11.3 Å². The molecule has 3 heteroatoms. The molecule has 1 aromatic carbocycles. The minimum Gasteiger partial charge on any atom is -0.386 e. The molecule has 0 aliphatic rings. The molecule has 2 nitrogen and oxygen atoms in total. The van der Waals surface area contributed by atoms with Crippen LogP contribution in [-0.2, 0) is 6.42 Å². The van der Waals surface area contributed by atoms with E-state index in [1.54, 1.807) is 18.3 Å². The molecule has 0 bridgehead atoms. The first-order valence-electron chi connectivity index (χ1n) is 5.86. The number of hydrogen-bond donors (Lipinski definition) is 1. The lowest BCUT2D eigenvalue weighted by molar-refractivity contribution is 0.199. The van der Waals surface area contributed by atoms with Crippen molar-refractivity contribution < 1.29 is 5.11 Å². The third kappa shape index (κ3) is 2.56. The van der Waals surface area contributed by atoms with Gasteiger partial charge in [0.2, 0.25) is 0 Å². The highest BCUT2D eigenvalue weighted by Gasteiger charge is 2.12. The van der Waals surface area contributed by atoms with Gasteiger partial charge in [0.15, 0.2) is 0 Å². The van der Waals surface area contributed by atoms with Gasteiger partial charge in [-0.05, 0) is 25.8 Å². The SMILES string of the molecule is CCc1ccc(-c2nc(C(C)O)sc2C)cc1. The molecule has 0 spiro atoms. The molecule has 0 saturated heterocycles. The molecule has 0 fully saturated rings. The van der Waals surface area contributed by atoms with E-state index in [4.69, 9.17) is 0 Å². The van der Waals surface area contributed by atoms with Crippen LogP contribution in [-0.4, -0.2) is 10.1 Å². The highest BCUT2D eigenvalue weighted by molar-refractivity contribution is 7.12. The molecule has 0 amide bonds. The van der Waals surface area contributed by atoms with Crippen molar-refractivity contribution in [3.8, 4) is 11.3 Å². The summed E-state index contributed by atoms with van der Waals surface area (Å²) in [7, 11) is 0. The minimum atomic E-state index is -0.484. The largest absolute Gasteiger partial charge is 0.386 e. The number of aryl methyl sites for hydroxylation is 2. The van der Waals surface area contributed by atoms with Crippen LogP contribution < -0.4 is 0 Å². The molecular formula is C14H17NOS. The van der Waals surface area contributed by atoms with Gasteiger partial charge in [0, 0.05) is 10.4 Å². The Bertz CT molecular complexity index is 499. The molecule has 17 heavy (non-hydrogen) atoms. The van der Waals surface area contributed by atoms with Crippen molar-refractivity contribution in [1.29, 1.82) is 0 Å². The lowest BCUT2D eigenvalue weighted by atomic mass is 10.1. The van der Waals surface area contributed by atoms with E-state index in [9.17, 15) is 5.11 Å². The predicted molar refractivity (Wildman–Crippen MR) is 72.3 cm³/mol. The molecule has 1 unspecified atom stereocenters. The van der Waals surface area contributed by atoms with Crippen LogP contribution in [0.4, 0.5) is 0 Å². The summed E-state index contributed by atoms with van der Waals surface area (Å²) in [6.45, 7) is 5.95. The summed E-state index contributed by atoms with van der Waals surface area (Å²) < 4.78 is 0. The Morgan fingerprint density at radius 3 is 2.41 bits per heavy atom. The lowest BCUT2D eigenvalue weighted by Gasteiger charge is -2.01. The first-order valence-corrected chi connectivity index (χ1v) is 6.68. The number of hydrogen-bond acceptors (Lipinski definition) is 3. The second-order valence-electron chi connectivity index (χ2n) is 4.18. The van der Waals surface area contributed by atoms with Crippen molar-refractivity contribution in [2.45, 2.75) is 33.3 Å². The van der Waals surface area contributed by atoms with Crippen LogP contribution in [0.15, 0.2) is 24.3 Å². The van der Waals surface area contributed by atoms with E-state index in [2.05, 4.69) is 36.2 Å². The van der Waals surface area contributed by atoms with Crippen LogP contribution in [0.25, 0.3) is 11.3 Å². The summed E-state index contributed by atoms with van der Waals surface area (Å²) in [6.07, 6.45) is 0.567. The smallest absolute Gasteiger partial charge is 0.122 e. The van der Waals surface area contributed by atoms with Crippen molar-refractivity contribution in [2.75, 3.05) is 0 Å². The van der Waals surface area contributed by atoms with E-state index >= 15 is 0 Å². The zero-order valence-corrected chi connectivity index (χ0v) is 11.2. The molecule has 1 heterocycles. The average molecular weight is 247 g/mol. The molecule has 90 valence electrons. The van der Waals surface area contributed by atoms with E-state index in [0.29, 0.717) is 0 Å². The maximum Gasteiger partial charge on any atom is 0.122 e. The Balaban J connectivity index is 2.38. The molecule has 1 aromatic heterocycles. The number of nitrogens with zero attached hydrogens (tertiary/aromatic N) is 1. The van der Waals surface area contributed by atoms with E-state index < -0.39 is 6.10 Å². The standard InChI is InChI=1S/C14H17NOS/c1-4-11-5-7-12(8-6-11)13-10(3)17-14(15-13)9(2)16/h5-9,16H,4H2,1-3H3. The van der Waals surface area contributed by atoms with Crippen molar-refractivity contribution >= 4 is 11.3 Å². The Kier molecular flexibility index (Phi) is 3.60. The van der Waals surface area contributed by atoms with E-state index in [-0.39, 0.29) is 0 Å². The summed E-state index contributed by atoms with van der Waals surface area (Å²) in [5, 5.41) is 10.3. The van der Waals surface area contributed by atoms with Gasteiger partial charge in [-0.3, -0.25) is 0 Å². The third-order valence-electron chi connectivity index (χ3n) is 2.81. The number of rotatable bonds is 3. The summed E-state index contributed by atoms with van der Waals surface area (Å²) in [6, 6.07) is 8.48. The van der Waals surface area contributed by atoms with Gasteiger partial charge in [-0.2, -0.15) is 0 Å². The first-order chi connectivity index (χ1) is 8.11. The number of benzene rings is 1. The van der Waals surface area contributed by atoms with Gasteiger partial charge in [0.05, 0.1) is 5.69 Å². The van der Waals surface area contributed by atoms with Gasteiger partial charge in [0.1, 0.15) is 11.1 Å². The fraction of sp³-hybridized carbons (Fsp3) is 0.357. The monoisotopic (exact) mass is 247 g/mol. The maximum absolute atomic E-state index is 9.54. The number of thiazole rings is 1. The van der Waals surface area contributed by atoms with Gasteiger partial charge >= 0.3 is 0 Å². The molecule has 2 aromatic rings. The summed E-state index contributed by atoms with van der Waals surface area (Å²) in [5.74, 6) is 0. The van der Waals surface area contributed by atoms with E-state index in [1.807, 2.05) is 6.92 Å². The minimum absolute atomic E-state index is 0.484. The van der Waals surface area contributed by atoms with Crippen LogP contribution in [0.2, 0.25) is 0 Å². The second-order valence-corrected chi connectivity index (χ2v) is 5.42. The van der Waals surface area contributed by atoms with Gasteiger partial charge in [-0.1, -0.05) is 31.2 Å². The quantitative estimate of drug-likeness (QED) is 0.896. The van der Waals surface area contributed by atoms with Crippen LogP contribution in [0.3, 0.4) is 0 Å². The molecule has 0 aliphatic heterocycles. The number of aliphatic hydroxyl groups is 1. The molecule has 0 aliphatic carbocycles. The van der Waals surface area contributed by atoms with Crippen LogP contribution in [0.1, 0.15) is 35.4 Å². The number of aromatic nitrogens is 1. The van der Waals surface area contributed by atoms with Crippen molar-refractivity contribution in [3.05, 3.63) is 39.7 Å². The summed E-state index contributed by atoms with van der Waals surface area (Å²) >= 11 is 1.57. The van der Waals surface area contributed by atoms with E-state index in [1.165, 1.54) is 5.56 Å². The molecule has 1 atom stereocenters. The normalized spacial score (nSPS) is 12.7. The van der Waals surface area contributed by atoms with Crippen molar-refractivity contribution in [3.63, 3.8) is 0 Å². The Hall–Kier alpha value is -1.19. The highest BCUT2D eigenvalue weighted by Crippen LogP contribution is 2.30. The number of aliphatic hydroxyl groups excluding tert-OH is 1. The summed E-state index contributed by atoms with van der Waals surface area (Å²) in [4.78, 5) is 5.66. The maximum atomic E-state index is 9.54. The Morgan fingerprint density at radius 2 is 1.94 bits per heavy atom. The van der Waals surface area contributed by atoms with E-state index in [0.717, 1.165) is 27.6 Å². The molecule has 0 saturated carbocycles. The lowest BCUT2D eigenvalue weighted by Crippen LogP contribution is -1.89. The Morgan fingerprint density at radius 1 is 1.29 bits per heavy atom. The van der Waals surface area contributed by atoms with Gasteiger partial charge in [0.25, 0.3) is 0 Å². The second kappa shape index (κ2) is 4.98. The van der Waals surface area contributed by atoms with Crippen molar-refractivity contribution in [2.24, 2.45) is 0 Å². The first kappa shape index (κ1) is 12.3. The zero-order chi connectivity index (χ0) is 12.4. The molecule has 1 N–H and O–H groups in total.